The molecule has 0 saturated carbocycles. The smallest absolute Gasteiger partial charge is 0.119 e. The van der Waals surface area contributed by atoms with Gasteiger partial charge in [0.05, 0.1) is 13.2 Å². The van der Waals surface area contributed by atoms with Crippen LogP contribution in [-0.4, -0.2) is 12.2 Å². The van der Waals surface area contributed by atoms with Gasteiger partial charge in [0, 0.05) is 0 Å². The highest BCUT2D eigenvalue weighted by Gasteiger charge is 2.09. The number of methoxy groups -OCH3 is 1. The highest BCUT2D eigenvalue weighted by molar-refractivity contribution is 5.84. The first-order valence-electron chi connectivity index (χ1n) is 7.97. The molecule has 0 fully saturated rings. The van der Waals surface area contributed by atoms with Crippen LogP contribution in [0.25, 0.3) is 10.8 Å². The van der Waals surface area contributed by atoms with Gasteiger partial charge in [-0.25, -0.2) is 0 Å². The zero-order valence-electron chi connectivity index (χ0n) is 13.6. The predicted molar refractivity (Wildman–Crippen MR) is 95.0 cm³/mol. The van der Waals surface area contributed by atoms with Crippen LogP contribution in [0.5, 0.6) is 5.75 Å². The molecule has 0 aromatic heterocycles. The van der Waals surface area contributed by atoms with Gasteiger partial charge in [-0.15, -0.1) is 0 Å². The van der Waals surface area contributed by atoms with Crippen molar-refractivity contribution in [2.45, 2.75) is 25.9 Å². The molecule has 0 spiro atoms. The first kappa shape index (κ1) is 15.6. The average Bonchev–Trinajstić information content (AvgIpc) is 2.60. The minimum atomic E-state index is -0.442. The molecule has 0 aliphatic carbocycles. The summed E-state index contributed by atoms with van der Waals surface area (Å²) in [6.45, 7) is 2.09. The lowest BCUT2D eigenvalue weighted by atomic mass is 9.98. The number of rotatable bonds is 5. The zero-order valence-corrected chi connectivity index (χ0v) is 13.6. The summed E-state index contributed by atoms with van der Waals surface area (Å²) in [5.74, 6) is 0.852. The van der Waals surface area contributed by atoms with Crippen LogP contribution in [0.1, 0.15) is 29.2 Å². The summed E-state index contributed by atoms with van der Waals surface area (Å²) in [6, 6.07) is 20.6. The second kappa shape index (κ2) is 6.84. The number of aliphatic hydroxyl groups excluding tert-OH is 1. The fourth-order valence-corrected chi connectivity index (χ4v) is 2.80. The molecule has 23 heavy (non-hydrogen) atoms. The lowest BCUT2D eigenvalue weighted by Crippen LogP contribution is -2.00. The van der Waals surface area contributed by atoms with E-state index < -0.39 is 6.10 Å². The molecule has 2 nitrogen and oxygen atoms in total. The summed E-state index contributed by atoms with van der Waals surface area (Å²) >= 11 is 0. The van der Waals surface area contributed by atoms with Gasteiger partial charge in [0.1, 0.15) is 5.75 Å². The normalized spacial score (nSPS) is 12.3. The predicted octanol–water partition coefficient (Wildman–Crippen LogP) is 4.82. The SMILES string of the molecule is COc1ccc2cc(C(O)CCc3ccc(C)cc3)ccc2c1. The molecular formula is C21H22O2. The quantitative estimate of drug-likeness (QED) is 0.732. The molecule has 0 amide bonds. The number of hydrogen-bond acceptors (Lipinski definition) is 2. The van der Waals surface area contributed by atoms with E-state index in [2.05, 4.69) is 37.3 Å². The molecule has 0 bridgehead atoms. The van der Waals surface area contributed by atoms with Crippen LogP contribution in [-0.2, 0) is 6.42 Å². The fraction of sp³-hybridized carbons (Fsp3) is 0.238. The Kier molecular flexibility index (Phi) is 4.63. The van der Waals surface area contributed by atoms with E-state index in [-0.39, 0.29) is 0 Å². The molecule has 118 valence electrons. The molecule has 1 atom stereocenters. The highest BCUT2D eigenvalue weighted by atomic mass is 16.5. The molecule has 2 heteroatoms. The van der Waals surface area contributed by atoms with Gasteiger partial charge in [0.25, 0.3) is 0 Å². The second-order valence-electron chi connectivity index (χ2n) is 6.01. The van der Waals surface area contributed by atoms with Crippen molar-refractivity contribution in [2.24, 2.45) is 0 Å². The minimum absolute atomic E-state index is 0.442. The molecule has 0 aliphatic rings. The van der Waals surface area contributed by atoms with E-state index in [0.717, 1.165) is 34.9 Å². The van der Waals surface area contributed by atoms with E-state index >= 15 is 0 Å². The van der Waals surface area contributed by atoms with Crippen molar-refractivity contribution in [3.63, 3.8) is 0 Å². The molecule has 1 N–H and O–H groups in total. The van der Waals surface area contributed by atoms with Gasteiger partial charge in [0.15, 0.2) is 0 Å². The summed E-state index contributed by atoms with van der Waals surface area (Å²) < 4.78 is 5.25. The van der Waals surface area contributed by atoms with Crippen LogP contribution < -0.4 is 4.74 Å². The van der Waals surface area contributed by atoms with Crippen molar-refractivity contribution in [3.05, 3.63) is 77.4 Å². The average molecular weight is 306 g/mol. The van der Waals surface area contributed by atoms with Crippen molar-refractivity contribution in [2.75, 3.05) is 7.11 Å². The van der Waals surface area contributed by atoms with E-state index in [1.807, 2.05) is 30.3 Å². The Hall–Kier alpha value is -2.32. The first-order chi connectivity index (χ1) is 11.2. The van der Waals surface area contributed by atoms with E-state index in [1.165, 1.54) is 11.1 Å². The Bertz CT molecular complexity index is 791. The molecule has 0 saturated heterocycles. The molecule has 1 unspecified atom stereocenters. The Morgan fingerprint density at radius 1 is 0.913 bits per heavy atom. The summed E-state index contributed by atoms with van der Waals surface area (Å²) in [6.07, 6.45) is 1.16. The lowest BCUT2D eigenvalue weighted by Gasteiger charge is -2.12. The van der Waals surface area contributed by atoms with Gasteiger partial charge < -0.3 is 9.84 Å². The Morgan fingerprint density at radius 2 is 1.61 bits per heavy atom. The molecular weight excluding hydrogens is 284 g/mol. The Labute approximate surface area is 137 Å². The van der Waals surface area contributed by atoms with Crippen LogP contribution in [0.2, 0.25) is 0 Å². The van der Waals surface area contributed by atoms with Crippen LogP contribution in [0, 0.1) is 6.92 Å². The van der Waals surface area contributed by atoms with Gasteiger partial charge in [-0.1, -0.05) is 48.0 Å². The maximum Gasteiger partial charge on any atom is 0.119 e. The van der Waals surface area contributed by atoms with E-state index in [0.29, 0.717) is 0 Å². The second-order valence-corrected chi connectivity index (χ2v) is 6.01. The molecule has 0 aliphatic heterocycles. The number of aryl methyl sites for hydroxylation is 2. The lowest BCUT2D eigenvalue weighted by molar-refractivity contribution is 0.168. The maximum absolute atomic E-state index is 10.5. The summed E-state index contributed by atoms with van der Waals surface area (Å²) in [5, 5.41) is 12.7. The van der Waals surface area contributed by atoms with Crippen molar-refractivity contribution < 1.29 is 9.84 Å². The van der Waals surface area contributed by atoms with Gasteiger partial charge in [0.2, 0.25) is 0 Å². The van der Waals surface area contributed by atoms with Crippen molar-refractivity contribution >= 4 is 10.8 Å². The number of hydrogen-bond donors (Lipinski definition) is 1. The zero-order chi connectivity index (χ0) is 16.2. The number of benzene rings is 3. The summed E-state index contributed by atoms with van der Waals surface area (Å²) in [4.78, 5) is 0. The highest BCUT2D eigenvalue weighted by Crippen LogP contribution is 2.26. The Morgan fingerprint density at radius 3 is 2.35 bits per heavy atom. The van der Waals surface area contributed by atoms with E-state index in [1.54, 1.807) is 7.11 Å². The third-order valence-corrected chi connectivity index (χ3v) is 4.28. The third-order valence-electron chi connectivity index (χ3n) is 4.28. The van der Waals surface area contributed by atoms with Crippen LogP contribution in [0.15, 0.2) is 60.7 Å². The molecule has 3 aromatic rings. The van der Waals surface area contributed by atoms with Crippen LogP contribution in [0.3, 0.4) is 0 Å². The number of aliphatic hydroxyl groups is 1. The molecule has 3 aromatic carbocycles. The van der Waals surface area contributed by atoms with Gasteiger partial charge in [-0.05, 0) is 59.9 Å². The molecule has 0 heterocycles. The number of ether oxygens (including phenoxy) is 1. The standard InChI is InChI=1S/C21H22O2/c1-15-3-5-16(6-4-15)7-12-21(22)19-9-8-18-14-20(23-2)11-10-17(18)13-19/h3-6,8-11,13-14,21-22H,7,12H2,1-2H3. The summed E-state index contributed by atoms with van der Waals surface area (Å²) in [7, 11) is 1.67. The monoisotopic (exact) mass is 306 g/mol. The van der Waals surface area contributed by atoms with E-state index in [4.69, 9.17) is 4.74 Å². The van der Waals surface area contributed by atoms with Crippen molar-refractivity contribution in [3.8, 4) is 5.75 Å². The van der Waals surface area contributed by atoms with Gasteiger partial charge >= 0.3 is 0 Å². The van der Waals surface area contributed by atoms with Gasteiger partial charge in [-0.3, -0.25) is 0 Å². The first-order valence-corrected chi connectivity index (χ1v) is 7.97. The topological polar surface area (TPSA) is 29.5 Å². The van der Waals surface area contributed by atoms with Crippen LogP contribution in [0.4, 0.5) is 0 Å². The van der Waals surface area contributed by atoms with Crippen LogP contribution >= 0.6 is 0 Å². The third kappa shape index (κ3) is 3.72. The van der Waals surface area contributed by atoms with Gasteiger partial charge in [-0.2, -0.15) is 0 Å². The van der Waals surface area contributed by atoms with Crippen molar-refractivity contribution in [1.82, 2.24) is 0 Å². The molecule has 0 radical (unpaired) electrons. The van der Waals surface area contributed by atoms with E-state index in [9.17, 15) is 5.11 Å². The largest absolute Gasteiger partial charge is 0.497 e. The summed E-state index contributed by atoms with van der Waals surface area (Å²) in [5.41, 5.74) is 3.49. The fourth-order valence-electron chi connectivity index (χ4n) is 2.80. The number of fused-ring (bicyclic) bond motifs is 1. The van der Waals surface area contributed by atoms with Crippen molar-refractivity contribution in [1.29, 1.82) is 0 Å². The molecule has 3 rings (SSSR count). The maximum atomic E-state index is 10.5. The minimum Gasteiger partial charge on any atom is -0.497 e. The Balaban J connectivity index is 1.72.